The predicted molar refractivity (Wildman–Crippen MR) is 68.6 cm³/mol. The second kappa shape index (κ2) is 5.76. The van der Waals surface area contributed by atoms with Crippen molar-refractivity contribution in [3.05, 3.63) is 34.9 Å². The van der Waals surface area contributed by atoms with Gasteiger partial charge in [-0.2, -0.15) is 0 Å². The minimum Gasteiger partial charge on any atom is -0.374 e. The Morgan fingerprint density at radius 3 is 2.39 bits per heavy atom. The fourth-order valence-electron chi connectivity index (χ4n) is 1.64. The SMILES string of the molecule is CNC(COC(C)(C)C)c1c(F)ccc(C)c1F. The van der Waals surface area contributed by atoms with Crippen LogP contribution in [0.25, 0.3) is 0 Å². The van der Waals surface area contributed by atoms with Crippen molar-refractivity contribution in [3.8, 4) is 0 Å². The first kappa shape index (κ1) is 15.1. The number of hydrogen-bond donors (Lipinski definition) is 1. The molecular weight excluding hydrogens is 236 g/mol. The van der Waals surface area contributed by atoms with E-state index >= 15 is 0 Å². The molecule has 0 aliphatic heterocycles. The summed E-state index contributed by atoms with van der Waals surface area (Å²) in [7, 11) is 1.66. The number of nitrogens with one attached hydrogen (secondary N) is 1. The molecule has 1 unspecified atom stereocenters. The molecule has 0 amide bonds. The number of halogens is 2. The van der Waals surface area contributed by atoms with E-state index in [-0.39, 0.29) is 17.8 Å². The van der Waals surface area contributed by atoms with E-state index in [4.69, 9.17) is 4.74 Å². The summed E-state index contributed by atoms with van der Waals surface area (Å²) in [4.78, 5) is 0. The van der Waals surface area contributed by atoms with Crippen LogP contribution in [-0.4, -0.2) is 19.3 Å². The third kappa shape index (κ3) is 3.75. The molecule has 0 heterocycles. The van der Waals surface area contributed by atoms with E-state index in [0.29, 0.717) is 5.56 Å². The largest absolute Gasteiger partial charge is 0.374 e. The lowest BCUT2D eigenvalue weighted by Gasteiger charge is -2.25. The number of benzene rings is 1. The minimum atomic E-state index is -0.546. The van der Waals surface area contributed by atoms with E-state index in [0.717, 1.165) is 0 Å². The van der Waals surface area contributed by atoms with Gasteiger partial charge in [-0.15, -0.1) is 0 Å². The van der Waals surface area contributed by atoms with Crippen LogP contribution in [0, 0.1) is 18.6 Å². The van der Waals surface area contributed by atoms with Crippen molar-refractivity contribution in [3.63, 3.8) is 0 Å². The molecule has 0 saturated heterocycles. The van der Waals surface area contributed by atoms with Crippen LogP contribution < -0.4 is 5.32 Å². The van der Waals surface area contributed by atoms with E-state index in [9.17, 15) is 8.78 Å². The van der Waals surface area contributed by atoms with Gasteiger partial charge in [0.1, 0.15) is 11.6 Å². The van der Waals surface area contributed by atoms with Crippen molar-refractivity contribution in [2.24, 2.45) is 0 Å². The molecule has 0 spiro atoms. The molecule has 1 N–H and O–H groups in total. The topological polar surface area (TPSA) is 21.3 Å². The first-order valence-electron chi connectivity index (χ1n) is 6.02. The summed E-state index contributed by atoms with van der Waals surface area (Å²) in [5.41, 5.74) is 0.135. The third-order valence-corrected chi connectivity index (χ3v) is 2.70. The van der Waals surface area contributed by atoms with Crippen molar-refractivity contribution in [2.75, 3.05) is 13.7 Å². The maximum atomic E-state index is 14.0. The number of likely N-dealkylation sites (N-methyl/N-ethyl adjacent to an activating group) is 1. The summed E-state index contributed by atoms with van der Waals surface area (Å²) in [6.07, 6.45) is 0. The Morgan fingerprint density at radius 1 is 1.28 bits per heavy atom. The minimum absolute atomic E-state index is 0.0433. The van der Waals surface area contributed by atoms with Crippen LogP contribution >= 0.6 is 0 Å². The summed E-state index contributed by atoms with van der Waals surface area (Å²) in [6.45, 7) is 7.56. The zero-order valence-electron chi connectivity index (χ0n) is 11.6. The van der Waals surface area contributed by atoms with E-state index in [1.54, 1.807) is 14.0 Å². The van der Waals surface area contributed by atoms with Crippen molar-refractivity contribution in [1.29, 1.82) is 0 Å². The summed E-state index contributed by atoms with van der Waals surface area (Å²) < 4.78 is 33.3. The van der Waals surface area contributed by atoms with E-state index in [2.05, 4.69) is 5.32 Å². The molecule has 2 nitrogen and oxygen atoms in total. The van der Waals surface area contributed by atoms with Gasteiger partial charge in [-0.25, -0.2) is 8.78 Å². The van der Waals surface area contributed by atoms with Crippen molar-refractivity contribution in [1.82, 2.24) is 5.32 Å². The Balaban J connectivity index is 2.99. The van der Waals surface area contributed by atoms with Gasteiger partial charge in [0.25, 0.3) is 0 Å². The fraction of sp³-hybridized carbons (Fsp3) is 0.571. The van der Waals surface area contributed by atoms with Crippen LogP contribution in [-0.2, 0) is 4.74 Å². The highest BCUT2D eigenvalue weighted by Crippen LogP contribution is 2.24. The molecule has 0 bridgehead atoms. The van der Waals surface area contributed by atoms with Crippen molar-refractivity contribution in [2.45, 2.75) is 39.3 Å². The Bertz CT molecular complexity index is 413. The molecule has 102 valence electrons. The number of rotatable bonds is 4. The normalized spacial score (nSPS) is 13.7. The maximum absolute atomic E-state index is 14.0. The third-order valence-electron chi connectivity index (χ3n) is 2.70. The van der Waals surface area contributed by atoms with Crippen LogP contribution in [0.2, 0.25) is 0 Å². The molecule has 1 atom stereocenters. The Kier molecular flexibility index (Phi) is 4.82. The van der Waals surface area contributed by atoms with Crippen molar-refractivity contribution >= 4 is 0 Å². The first-order chi connectivity index (χ1) is 8.26. The van der Waals surface area contributed by atoms with Gasteiger partial charge in [0.05, 0.1) is 18.2 Å². The average molecular weight is 257 g/mol. The summed E-state index contributed by atoms with van der Waals surface area (Å²) in [5, 5.41) is 2.89. The molecule has 18 heavy (non-hydrogen) atoms. The molecule has 1 aromatic carbocycles. The Morgan fingerprint density at radius 2 is 1.89 bits per heavy atom. The van der Waals surface area contributed by atoms with E-state index in [1.807, 2.05) is 20.8 Å². The van der Waals surface area contributed by atoms with Crippen LogP contribution in [0.4, 0.5) is 8.78 Å². The quantitative estimate of drug-likeness (QED) is 0.893. The molecule has 0 fully saturated rings. The van der Waals surface area contributed by atoms with Gasteiger partial charge in [0.15, 0.2) is 0 Å². The monoisotopic (exact) mass is 257 g/mol. The summed E-state index contributed by atoms with van der Waals surface area (Å²) in [5.74, 6) is -1.05. The molecule has 0 aliphatic rings. The number of aryl methyl sites for hydroxylation is 1. The first-order valence-corrected chi connectivity index (χ1v) is 6.02. The highest BCUT2D eigenvalue weighted by Gasteiger charge is 2.22. The molecule has 0 radical (unpaired) electrons. The summed E-state index contributed by atoms with van der Waals surface area (Å²) >= 11 is 0. The van der Waals surface area contributed by atoms with Crippen LogP contribution in [0.1, 0.15) is 37.9 Å². The smallest absolute Gasteiger partial charge is 0.133 e. The Hall–Kier alpha value is -1.00. The van der Waals surface area contributed by atoms with Crippen LogP contribution in [0.5, 0.6) is 0 Å². The number of hydrogen-bond acceptors (Lipinski definition) is 2. The molecular formula is C14H21F2NO. The molecule has 1 rings (SSSR count). The predicted octanol–water partition coefficient (Wildman–Crippen LogP) is 3.35. The maximum Gasteiger partial charge on any atom is 0.133 e. The molecule has 4 heteroatoms. The fourth-order valence-corrected chi connectivity index (χ4v) is 1.64. The van der Waals surface area contributed by atoms with Gasteiger partial charge in [0.2, 0.25) is 0 Å². The highest BCUT2D eigenvalue weighted by molar-refractivity contribution is 5.29. The van der Waals surface area contributed by atoms with Gasteiger partial charge in [-0.05, 0) is 46.4 Å². The zero-order valence-corrected chi connectivity index (χ0v) is 11.6. The lowest BCUT2D eigenvalue weighted by atomic mass is 10.0. The standard InChI is InChI=1S/C14H21F2NO/c1-9-6-7-10(15)12(13(9)16)11(17-5)8-18-14(2,3)4/h6-7,11,17H,8H2,1-5H3. The van der Waals surface area contributed by atoms with Gasteiger partial charge in [0, 0.05) is 5.56 Å². The lowest BCUT2D eigenvalue weighted by Crippen LogP contribution is -2.29. The van der Waals surface area contributed by atoms with Crippen LogP contribution in [0.15, 0.2) is 12.1 Å². The van der Waals surface area contributed by atoms with Gasteiger partial charge < -0.3 is 10.1 Å². The molecule has 1 aromatic rings. The Labute approximate surface area is 107 Å². The second-order valence-electron chi connectivity index (χ2n) is 5.36. The van der Waals surface area contributed by atoms with Gasteiger partial charge >= 0.3 is 0 Å². The second-order valence-corrected chi connectivity index (χ2v) is 5.36. The van der Waals surface area contributed by atoms with E-state index < -0.39 is 17.7 Å². The van der Waals surface area contributed by atoms with Gasteiger partial charge in [-0.3, -0.25) is 0 Å². The van der Waals surface area contributed by atoms with Gasteiger partial charge in [-0.1, -0.05) is 6.07 Å². The average Bonchev–Trinajstić information content (AvgIpc) is 2.27. The molecule has 0 aromatic heterocycles. The summed E-state index contributed by atoms with van der Waals surface area (Å²) in [6, 6.07) is 2.23. The lowest BCUT2D eigenvalue weighted by molar-refractivity contribution is -0.0147. The molecule has 0 saturated carbocycles. The van der Waals surface area contributed by atoms with Crippen LogP contribution in [0.3, 0.4) is 0 Å². The molecule has 0 aliphatic carbocycles. The van der Waals surface area contributed by atoms with E-state index in [1.165, 1.54) is 12.1 Å². The highest BCUT2D eigenvalue weighted by atomic mass is 19.1. The van der Waals surface area contributed by atoms with Crippen molar-refractivity contribution < 1.29 is 13.5 Å². The number of ether oxygens (including phenoxy) is 1. The zero-order chi connectivity index (χ0) is 13.9.